The van der Waals surface area contributed by atoms with Gasteiger partial charge in [-0.25, -0.2) is 14.0 Å². The smallest absolute Gasteiger partial charge is 0.408 e. The third-order valence-electron chi connectivity index (χ3n) is 3.50. The standard InChI is InChI=1S/C15H20FNO4S/c1-14(2,3)21-13(20)17-15(4)6-5-8-9(7-15)22-11(10(8)16)12(18)19/h5-7H2,1-4H3,(H,17,20)(H,18,19). The molecule has 0 saturated heterocycles. The van der Waals surface area contributed by atoms with Crippen LogP contribution >= 0.6 is 11.3 Å². The molecule has 22 heavy (non-hydrogen) atoms. The minimum Gasteiger partial charge on any atom is -0.477 e. The number of ether oxygens (including phenoxy) is 1. The van der Waals surface area contributed by atoms with Crippen LogP contribution in [0, 0.1) is 5.82 Å². The first-order valence-electron chi connectivity index (χ1n) is 7.05. The second-order valence-corrected chi connectivity index (χ2v) is 7.92. The summed E-state index contributed by atoms with van der Waals surface area (Å²) in [5.74, 6) is -1.88. The number of halogens is 1. The average Bonchev–Trinajstić information content (AvgIpc) is 2.62. The van der Waals surface area contributed by atoms with Crippen LogP contribution in [-0.4, -0.2) is 28.3 Å². The second kappa shape index (κ2) is 5.53. The van der Waals surface area contributed by atoms with Crippen LogP contribution < -0.4 is 5.32 Å². The Morgan fingerprint density at radius 1 is 1.41 bits per heavy atom. The molecule has 0 aromatic carbocycles. The highest BCUT2D eigenvalue weighted by Crippen LogP contribution is 2.37. The zero-order valence-corrected chi connectivity index (χ0v) is 13.9. The highest BCUT2D eigenvalue weighted by molar-refractivity contribution is 7.14. The molecule has 1 atom stereocenters. The van der Waals surface area contributed by atoms with Gasteiger partial charge in [-0.3, -0.25) is 0 Å². The van der Waals surface area contributed by atoms with E-state index in [0.717, 1.165) is 11.3 Å². The molecule has 0 radical (unpaired) electrons. The lowest BCUT2D eigenvalue weighted by Gasteiger charge is -2.35. The van der Waals surface area contributed by atoms with E-state index >= 15 is 0 Å². The van der Waals surface area contributed by atoms with Gasteiger partial charge in [0.2, 0.25) is 0 Å². The molecule has 7 heteroatoms. The van der Waals surface area contributed by atoms with Gasteiger partial charge in [-0.05, 0) is 40.5 Å². The normalized spacial score (nSPS) is 21.1. The van der Waals surface area contributed by atoms with Gasteiger partial charge in [0.15, 0.2) is 5.82 Å². The maximum absolute atomic E-state index is 14.0. The van der Waals surface area contributed by atoms with Crippen molar-refractivity contribution in [2.45, 2.75) is 58.1 Å². The molecule has 0 spiro atoms. The van der Waals surface area contributed by atoms with Gasteiger partial charge >= 0.3 is 12.1 Å². The summed E-state index contributed by atoms with van der Waals surface area (Å²) in [6.07, 6.45) is 0.813. The zero-order valence-electron chi connectivity index (χ0n) is 13.1. The number of carboxylic acids is 1. The van der Waals surface area contributed by atoms with Gasteiger partial charge in [-0.2, -0.15) is 0 Å². The Morgan fingerprint density at radius 3 is 2.59 bits per heavy atom. The topological polar surface area (TPSA) is 75.6 Å². The first-order valence-corrected chi connectivity index (χ1v) is 7.87. The third-order valence-corrected chi connectivity index (χ3v) is 4.70. The van der Waals surface area contributed by atoms with E-state index in [1.54, 1.807) is 20.8 Å². The summed E-state index contributed by atoms with van der Waals surface area (Å²) in [5, 5.41) is 11.8. The average molecular weight is 329 g/mol. The molecule has 5 nitrogen and oxygen atoms in total. The number of alkyl carbamates (subject to hydrolysis) is 1. The number of fused-ring (bicyclic) bond motifs is 1. The van der Waals surface area contributed by atoms with Crippen LogP contribution in [0.2, 0.25) is 0 Å². The molecular formula is C15H20FNO4S. The maximum atomic E-state index is 14.0. The van der Waals surface area contributed by atoms with E-state index in [0.29, 0.717) is 29.7 Å². The fraction of sp³-hybridized carbons (Fsp3) is 0.600. The summed E-state index contributed by atoms with van der Waals surface area (Å²) < 4.78 is 19.3. The summed E-state index contributed by atoms with van der Waals surface area (Å²) in [6.45, 7) is 7.20. The Hall–Kier alpha value is -1.63. The monoisotopic (exact) mass is 329 g/mol. The minimum atomic E-state index is -1.25. The molecule has 1 heterocycles. The predicted molar refractivity (Wildman–Crippen MR) is 81.0 cm³/mol. The molecule has 2 rings (SSSR count). The zero-order chi connectivity index (χ0) is 16.7. The van der Waals surface area contributed by atoms with E-state index < -0.39 is 29.0 Å². The SMILES string of the molecule is CC1(NC(=O)OC(C)(C)C)CCc2c(sc(C(=O)O)c2F)C1. The van der Waals surface area contributed by atoms with Gasteiger partial charge in [-0.15, -0.1) is 11.3 Å². The number of hydrogen-bond acceptors (Lipinski definition) is 4. The van der Waals surface area contributed by atoms with Crippen LogP contribution in [0.1, 0.15) is 54.2 Å². The Morgan fingerprint density at radius 2 is 2.05 bits per heavy atom. The van der Waals surface area contributed by atoms with Crippen molar-refractivity contribution in [2.75, 3.05) is 0 Å². The molecule has 1 unspecified atom stereocenters. The molecule has 122 valence electrons. The Labute approximate surface area is 132 Å². The van der Waals surface area contributed by atoms with Gasteiger partial charge in [0.05, 0.1) is 0 Å². The largest absolute Gasteiger partial charge is 0.477 e. The Bertz CT molecular complexity index is 620. The number of rotatable bonds is 2. The highest BCUT2D eigenvalue weighted by Gasteiger charge is 2.36. The maximum Gasteiger partial charge on any atom is 0.408 e. The van der Waals surface area contributed by atoms with Crippen molar-refractivity contribution >= 4 is 23.4 Å². The Balaban J connectivity index is 2.15. The lowest BCUT2D eigenvalue weighted by atomic mass is 9.83. The van der Waals surface area contributed by atoms with Crippen LogP contribution in [0.4, 0.5) is 9.18 Å². The molecule has 2 N–H and O–H groups in total. The highest BCUT2D eigenvalue weighted by atomic mass is 32.1. The molecule has 0 aliphatic heterocycles. The van der Waals surface area contributed by atoms with Gasteiger partial charge in [0.25, 0.3) is 0 Å². The number of hydrogen-bond donors (Lipinski definition) is 2. The summed E-state index contributed by atoms with van der Waals surface area (Å²) >= 11 is 0.946. The Kier molecular flexibility index (Phi) is 4.21. The van der Waals surface area contributed by atoms with Crippen molar-refractivity contribution in [3.63, 3.8) is 0 Å². The number of aromatic carboxylic acids is 1. The van der Waals surface area contributed by atoms with Crippen LogP contribution in [0.3, 0.4) is 0 Å². The third kappa shape index (κ3) is 3.58. The van der Waals surface area contributed by atoms with Crippen molar-refractivity contribution < 1.29 is 23.8 Å². The minimum absolute atomic E-state index is 0.258. The molecule has 1 amide bonds. The van der Waals surface area contributed by atoms with E-state index in [1.165, 1.54) is 0 Å². The molecule has 1 aromatic heterocycles. The van der Waals surface area contributed by atoms with Crippen molar-refractivity contribution in [2.24, 2.45) is 0 Å². The summed E-state index contributed by atoms with van der Waals surface area (Å²) in [6, 6.07) is 0. The van der Waals surface area contributed by atoms with E-state index in [1.807, 2.05) is 6.92 Å². The van der Waals surface area contributed by atoms with E-state index in [9.17, 15) is 14.0 Å². The molecule has 1 aliphatic carbocycles. The van der Waals surface area contributed by atoms with Gasteiger partial charge < -0.3 is 15.2 Å². The van der Waals surface area contributed by atoms with E-state index in [-0.39, 0.29) is 4.88 Å². The van der Waals surface area contributed by atoms with E-state index in [4.69, 9.17) is 9.84 Å². The first kappa shape index (κ1) is 16.7. The van der Waals surface area contributed by atoms with Crippen molar-refractivity contribution in [3.05, 3.63) is 21.1 Å². The lowest BCUT2D eigenvalue weighted by molar-refractivity contribution is 0.0455. The summed E-state index contributed by atoms with van der Waals surface area (Å²) in [4.78, 5) is 23.4. The number of carboxylic acid groups (broad SMARTS) is 1. The van der Waals surface area contributed by atoms with Crippen LogP contribution in [0.5, 0.6) is 0 Å². The molecular weight excluding hydrogens is 309 g/mol. The van der Waals surface area contributed by atoms with Crippen molar-refractivity contribution in [3.8, 4) is 0 Å². The first-order chi connectivity index (χ1) is 10.0. The van der Waals surface area contributed by atoms with Gasteiger partial charge in [0.1, 0.15) is 10.5 Å². The van der Waals surface area contributed by atoms with Crippen LogP contribution in [-0.2, 0) is 17.6 Å². The van der Waals surface area contributed by atoms with Crippen LogP contribution in [0.15, 0.2) is 0 Å². The summed E-state index contributed by atoms with van der Waals surface area (Å²) in [7, 11) is 0. The van der Waals surface area contributed by atoms with Gasteiger partial charge in [-0.1, -0.05) is 0 Å². The second-order valence-electron chi connectivity index (χ2n) is 6.82. The number of carbonyl (C=O) groups excluding carboxylic acids is 1. The van der Waals surface area contributed by atoms with Crippen molar-refractivity contribution in [1.82, 2.24) is 5.32 Å². The van der Waals surface area contributed by atoms with Gasteiger partial charge in [0, 0.05) is 22.4 Å². The molecule has 1 aliphatic rings. The molecule has 1 aromatic rings. The summed E-state index contributed by atoms with van der Waals surface area (Å²) in [5.41, 5.74) is -0.695. The van der Waals surface area contributed by atoms with Crippen LogP contribution in [0.25, 0.3) is 0 Å². The quantitative estimate of drug-likeness (QED) is 0.872. The molecule has 0 saturated carbocycles. The molecule has 0 fully saturated rings. The van der Waals surface area contributed by atoms with E-state index in [2.05, 4.69) is 5.32 Å². The number of thiophene rings is 1. The lowest BCUT2D eigenvalue weighted by Crippen LogP contribution is -2.51. The fourth-order valence-corrected chi connectivity index (χ4v) is 3.77. The number of carbonyl (C=O) groups is 2. The molecule has 0 bridgehead atoms. The number of nitrogens with one attached hydrogen (secondary N) is 1. The fourth-order valence-electron chi connectivity index (χ4n) is 2.52. The predicted octanol–water partition coefficient (Wildman–Crippen LogP) is 3.36. The number of amides is 1. The van der Waals surface area contributed by atoms with Crippen molar-refractivity contribution in [1.29, 1.82) is 0 Å².